The third-order valence-electron chi connectivity index (χ3n) is 3.63. The van der Waals surface area contributed by atoms with Crippen LogP contribution in [0.3, 0.4) is 0 Å². The van der Waals surface area contributed by atoms with Crippen molar-refractivity contribution in [1.82, 2.24) is 14.7 Å². The molecule has 25 heavy (non-hydrogen) atoms. The summed E-state index contributed by atoms with van der Waals surface area (Å²) in [6.07, 6.45) is 1.48. The van der Waals surface area contributed by atoms with E-state index in [1.807, 2.05) is 6.07 Å². The predicted molar refractivity (Wildman–Crippen MR) is 99.2 cm³/mol. The molecule has 0 bridgehead atoms. The maximum Gasteiger partial charge on any atom is 0.240 e. The second-order valence-electron chi connectivity index (χ2n) is 5.38. The topological polar surface area (TPSA) is 84.0 Å². The molecule has 0 atom stereocenters. The van der Waals surface area contributed by atoms with E-state index in [1.54, 1.807) is 43.3 Å². The fourth-order valence-electron chi connectivity index (χ4n) is 2.42. The molecule has 8 heteroatoms. The van der Waals surface area contributed by atoms with Gasteiger partial charge in [-0.25, -0.2) is 23.1 Å². The lowest BCUT2D eigenvalue weighted by atomic mass is 10.2. The third-order valence-corrected chi connectivity index (χ3v) is 5.42. The van der Waals surface area contributed by atoms with E-state index in [0.717, 1.165) is 16.5 Å². The van der Waals surface area contributed by atoms with Crippen LogP contribution in [0.1, 0.15) is 12.5 Å². The Kier molecular flexibility index (Phi) is 5.17. The zero-order chi connectivity index (χ0) is 17.9. The average Bonchev–Trinajstić information content (AvgIpc) is 2.60. The van der Waals surface area contributed by atoms with Crippen LogP contribution in [0.2, 0.25) is 5.02 Å². The van der Waals surface area contributed by atoms with Gasteiger partial charge in [0.2, 0.25) is 10.0 Å². The van der Waals surface area contributed by atoms with E-state index in [9.17, 15) is 8.42 Å². The summed E-state index contributed by atoms with van der Waals surface area (Å²) in [6.45, 7) is 2.61. The Morgan fingerprint density at radius 1 is 1.08 bits per heavy atom. The van der Waals surface area contributed by atoms with Crippen LogP contribution in [-0.2, 0) is 16.6 Å². The van der Waals surface area contributed by atoms with Crippen LogP contribution < -0.4 is 10.0 Å². The smallest absolute Gasteiger partial charge is 0.240 e. The number of benzene rings is 2. The molecule has 1 aromatic heterocycles. The maximum absolute atomic E-state index is 11.9. The molecule has 0 aliphatic carbocycles. The first-order chi connectivity index (χ1) is 12.0. The molecule has 2 N–H and O–H groups in total. The minimum atomic E-state index is -3.43. The number of aromatic nitrogens is 2. The summed E-state index contributed by atoms with van der Waals surface area (Å²) >= 11 is 5.98. The van der Waals surface area contributed by atoms with E-state index >= 15 is 0 Å². The Morgan fingerprint density at radius 2 is 1.84 bits per heavy atom. The van der Waals surface area contributed by atoms with Crippen LogP contribution in [0.5, 0.6) is 0 Å². The first-order valence-electron chi connectivity index (χ1n) is 7.72. The molecule has 0 radical (unpaired) electrons. The van der Waals surface area contributed by atoms with Crippen LogP contribution >= 0.6 is 11.6 Å². The van der Waals surface area contributed by atoms with E-state index < -0.39 is 10.0 Å². The highest BCUT2D eigenvalue weighted by molar-refractivity contribution is 7.89. The molecule has 0 amide bonds. The lowest BCUT2D eigenvalue weighted by molar-refractivity contribution is 0.584. The summed E-state index contributed by atoms with van der Waals surface area (Å²) in [7, 11) is -3.43. The fraction of sp³-hybridized carbons (Fsp3) is 0.176. The van der Waals surface area contributed by atoms with Crippen molar-refractivity contribution in [3.05, 3.63) is 59.4 Å². The predicted octanol–water partition coefficient (Wildman–Crippen LogP) is 3.19. The highest BCUT2D eigenvalue weighted by Crippen LogP contribution is 2.23. The van der Waals surface area contributed by atoms with E-state index in [0.29, 0.717) is 23.9 Å². The Balaban J connectivity index is 1.76. The van der Waals surface area contributed by atoms with Gasteiger partial charge in [0.05, 0.1) is 10.4 Å². The summed E-state index contributed by atoms with van der Waals surface area (Å²) in [5.41, 5.74) is 1.70. The highest BCUT2D eigenvalue weighted by atomic mass is 35.5. The van der Waals surface area contributed by atoms with Crippen molar-refractivity contribution >= 4 is 38.3 Å². The molecular formula is C17H17ClN4O2S. The second kappa shape index (κ2) is 7.35. The van der Waals surface area contributed by atoms with Crippen molar-refractivity contribution in [1.29, 1.82) is 0 Å². The Labute approximate surface area is 151 Å². The van der Waals surface area contributed by atoms with Gasteiger partial charge in [-0.2, -0.15) is 0 Å². The molecule has 3 rings (SSSR count). The summed E-state index contributed by atoms with van der Waals surface area (Å²) in [5, 5.41) is 4.74. The van der Waals surface area contributed by atoms with Gasteiger partial charge in [0.15, 0.2) is 0 Å². The maximum atomic E-state index is 11.9. The van der Waals surface area contributed by atoms with E-state index in [1.165, 1.54) is 6.33 Å². The SMILES string of the molecule is CCNS(=O)(=O)c1ccc(CNc2ncnc3cc(Cl)ccc23)cc1. The summed E-state index contributed by atoms with van der Waals surface area (Å²) < 4.78 is 26.4. The summed E-state index contributed by atoms with van der Waals surface area (Å²) in [6, 6.07) is 12.2. The first-order valence-corrected chi connectivity index (χ1v) is 9.58. The molecule has 0 aliphatic rings. The molecule has 1 heterocycles. The number of hydrogen-bond acceptors (Lipinski definition) is 5. The lowest BCUT2D eigenvalue weighted by Crippen LogP contribution is -2.23. The van der Waals surface area contributed by atoms with Crippen LogP contribution in [-0.4, -0.2) is 24.9 Å². The molecular weight excluding hydrogens is 360 g/mol. The number of rotatable bonds is 6. The number of nitrogens with one attached hydrogen (secondary N) is 2. The van der Waals surface area contributed by atoms with Crippen LogP contribution in [0.25, 0.3) is 10.9 Å². The van der Waals surface area contributed by atoms with Crippen LogP contribution in [0.4, 0.5) is 5.82 Å². The monoisotopic (exact) mass is 376 g/mol. The Hall–Kier alpha value is -2.22. The fourth-order valence-corrected chi connectivity index (χ4v) is 3.62. The van der Waals surface area contributed by atoms with Gasteiger partial charge in [0, 0.05) is 23.5 Å². The Bertz CT molecular complexity index is 991. The zero-order valence-electron chi connectivity index (χ0n) is 13.5. The average molecular weight is 377 g/mol. The van der Waals surface area contributed by atoms with Crippen LogP contribution in [0.15, 0.2) is 53.7 Å². The van der Waals surface area contributed by atoms with E-state index in [4.69, 9.17) is 11.6 Å². The molecule has 130 valence electrons. The quantitative estimate of drug-likeness (QED) is 0.690. The van der Waals surface area contributed by atoms with Gasteiger partial charge in [-0.15, -0.1) is 0 Å². The summed E-state index contributed by atoms with van der Waals surface area (Å²) in [4.78, 5) is 8.72. The van der Waals surface area contributed by atoms with Gasteiger partial charge in [0.1, 0.15) is 12.1 Å². The first kappa shape index (κ1) is 17.6. The molecule has 0 fully saturated rings. The van der Waals surface area contributed by atoms with Gasteiger partial charge in [-0.3, -0.25) is 0 Å². The largest absolute Gasteiger partial charge is 0.365 e. The normalized spacial score (nSPS) is 11.6. The second-order valence-corrected chi connectivity index (χ2v) is 7.59. The number of hydrogen-bond donors (Lipinski definition) is 2. The Morgan fingerprint density at radius 3 is 2.56 bits per heavy atom. The van der Waals surface area contributed by atoms with Gasteiger partial charge in [0.25, 0.3) is 0 Å². The molecule has 0 spiro atoms. The molecule has 0 saturated carbocycles. The number of halogens is 1. The molecule has 0 unspecified atom stereocenters. The number of anilines is 1. The van der Waals surface area contributed by atoms with Gasteiger partial charge in [-0.1, -0.05) is 30.7 Å². The van der Waals surface area contributed by atoms with Crippen molar-refractivity contribution in [2.75, 3.05) is 11.9 Å². The third kappa shape index (κ3) is 4.07. The minimum Gasteiger partial charge on any atom is -0.365 e. The van der Waals surface area contributed by atoms with Gasteiger partial charge < -0.3 is 5.32 Å². The lowest BCUT2D eigenvalue weighted by Gasteiger charge is -2.09. The van der Waals surface area contributed by atoms with Gasteiger partial charge in [-0.05, 0) is 35.9 Å². The van der Waals surface area contributed by atoms with Crippen molar-refractivity contribution in [3.63, 3.8) is 0 Å². The van der Waals surface area contributed by atoms with Crippen molar-refractivity contribution in [2.24, 2.45) is 0 Å². The van der Waals surface area contributed by atoms with Gasteiger partial charge >= 0.3 is 0 Å². The highest BCUT2D eigenvalue weighted by Gasteiger charge is 2.12. The van der Waals surface area contributed by atoms with Crippen molar-refractivity contribution < 1.29 is 8.42 Å². The molecule has 0 saturated heterocycles. The molecule has 2 aromatic carbocycles. The molecule has 0 aliphatic heterocycles. The number of fused-ring (bicyclic) bond motifs is 1. The number of nitrogens with zero attached hydrogens (tertiary/aromatic N) is 2. The van der Waals surface area contributed by atoms with E-state index in [2.05, 4.69) is 20.0 Å². The standard InChI is InChI=1S/C17H17ClN4O2S/c1-2-22-25(23,24)14-6-3-12(4-7-14)10-19-17-15-8-5-13(18)9-16(15)20-11-21-17/h3-9,11,22H,2,10H2,1H3,(H,19,20,21). The molecule has 3 aromatic rings. The zero-order valence-corrected chi connectivity index (χ0v) is 15.1. The van der Waals surface area contributed by atoms with E-state index in [-0.39, 0.29) is 4.90 Å². The summed E-state index contributed by atoms with van der Waals surface area (Å²) in [5.74, 6) is 0.700. The number of sulfonamides is 1. The minimum absolute atomic E-state index is 0.250. The van der Waals surface area contributed by atoms with Crippen molar-refractivity contribution in [3.8, 4) is 0 Å². The van der Waals surface area contributed by atoms with Crippen molar-refractivity contribution in [2.45, 2.75) is 18.4 Å². The van der Waals surface area contributed by atoms with Crippen LogP contribution in [0, 0.1) is 0 Å². The molecule has 6 nitrogen and oxygen atoms in total.